The average Bonchev–Trinajstić information content (AvgIpc) is 2.38. The van der Waals surface area contributed by atoms with Crippen molar-refractivity contribution in [2.45, 2.75) is 33.6 Å². The molecule has 0 heterocycles. The zero-order valence-corrected chi connectivity index (χ0v) is 10.8. The third kappa shape index (κ3) is 1.42. The van der Waals surface area contributed by atoms with Crippen LogP contribution < -0.4 is 0 Å². The molecule has 1 fully saturated rings. The second-order valence-electron chi connectivity index (χ2n) is 4.58. The van der Waals surface area contributed by atoms with E-state index in [4.69, 9.17) is 4.74 Å². The van der Waals surface area contributed by atoms with Crippen molar-refractivity contribution >= 4 is 21.9 Å². The molecule has 0 spiro atoms. The van der Waals surface area contributed by atoms with E-state index in [0.29, 0.717) is 0 Å². The number of halogens is 1. The molecule has 0 amide bonds. The lowest BCUT2D eigenvalue weighted by atomic mass is 9.68. The van der Waals surface area contributed by atoms with Crippen LogP contribution >= 0.6 is 15.9 Å². The summed E-state index contributed by atoms with van der Waals surface area (Å²) in [7, 11) is 1.46. The SMILES string of the molecule is COC(=O)C1(C)CC/C(=C\Br)C1(C)C. The standard InChI is InChI=1S/C11H17BrO2/c1-10(2)8(7-12)5-6-11(10,3)9(13)14-4/h7H,5-6H2,1-4H3/b8-7+. The van der Waals surface area contributed by atoms with Crippen LogP contribution in [-0.2, 0) is 9.53 Å². The van der Waals surface area contributed by atoms with E-state index in [-0.39, 0.29) is 16.8 Å². The lowest BCUT2D eigenvalue weighted by Gasteiger charge is -2.36. The molecule has 3 heteroatoms. The molecule has 0 aromatic carbocycles. The van der Waals surface area contributed by atoms with Gasteiger partial charge in [-0.1, -0.05) is 35.4 Å². The van der Waals surface area contributed by atoms with Crippen molar-refractivity contribution in [3.63, 3.8) is 0 Å². The van der Waals surface area contributed by atoms with Crippen LogP contribution in [0.4, 0.5) is 0 Å². The Morgan fingerprint density at radius 3 is 2.43 bits per heavy atom. The van der Waals surface area contributed by atoms with Gasteiger partial charge in [-0.2, -0.15) is 0 Å². The van der Waals surface area contributed by atoms with Gasteiger partial charge in [0.05, 0.1) is 12.5 Å². The number of carbonyl (C=O) groups excluding carboxylic acids is 1. The fourth-order valence-corrected chi connectivity index (χ4v) is 2.94. The second kappa shape index (κ2) is 3.69. The Balaban J connectivity index is 3.10. The first kappa shape index (κ1) is 11.8. The summed E-state index contributed by atoms with van der Waals surface area (Å²) in [6.45, 7) is 6.19. The van der Waals surface area contributed by atoms with Crippen LogP contribution in [0.2, 0.25) is 0 Å². The van der Waals surface area contributed by atoms with Gasteiger partial charge in [0.25, 0.3) is 0 Å². The van der Waals surface area contributed by atoms with E-state index in [2.05, 4.69) is 29.8 Å². The molecule has 0 aliphatic heterocycles. The van der Waals surface area contributed by atoms with Crippen LogP contribution in [0.25, 0.3) is 0 Å². The molecule has 14 heavy (non-hydrogen) atoms. The highest BCUT2D eigenvalue weighted by molar-refractivity contribution is 9.11. The van der Waals surface area contributed by atoms with Gasteiger partial charge >= 0.3 is 5.97 Å². The van der Waals surface area contributed by atoms with Gasteiger partial charge in [-0.15, -0.1) is 0 Å². The summed E-state index contributed by atoms with van der Waals surface area (Å²) in [5.41, 5.74) is 0.774. The van der Waals surface area contributed by atoms with Crippen molar-refractivity contribution in [1.82, 2.24) is 0 Å². The van der Waals surface area contributed by atoms with E-state index in [1.54, 1.807) is 0 Å². The van der Waals surface area contributed by atoms with E-state index in [1.165, 1.54) is 12.7 Å². The van der Waals surface area contributed by atoms with Gasteiger partial charge in [-0.3, -0.25) is 4.79 Å². The maximum atomic E-state index is 11.7. The van der Waals surface area contributed by atoms with Gasteiger partial charge in [-0.25, -0.2) is 0 Å². The van der Waals surface area contributed by atoms with Crippen molar-refractivity contribution in [2.24, 2.45) is 10.8 Å². The molecular formula is C11H17BrO2. The Labute approximate surface area is 93.8 Å². The lowest BCUT2D eigenvalue weighted by Crippen LogP contribution is -2.39. The Kier molecular flexibility index (Phi) is 3.10. The molecule has 0 aromatic heterocycles. The van der Waals surface area contributed by atoms with E-state index < -0.39 is 0 Å². The molecule has 1 aliphatic carbocycles. The minimum Gasteiger partial charge on any atom is -0.469 e. The molecule has 2 nitrogen and oxygen atoms in total. The Morgan fingerprint density at radius 2 is 2.07 bits per heavy atom. The molecule has 0 saturated heterocycles. The largest absolute Gasteiger partial charge is 0.469 e. The van der Waals surface area contributed by atoms with Crippen LogP contribution in [-0.4, -0.2) is 13.1 Å². The van der Waals surface area contributed by atoms with Crippen molar-refractivity contribution in [2.75, 3.05) is 7.11 Å². The van der Waals surface area contributed by atoms with Crippen LogP contribution in [0.3, 0.4) is 0 Å². The molecule has 0 aromatic rings. The molecular weight excluding hydrogens is 244 g/mol. The molecule has 1 rings (SSSR count). The number of hydrogen-bond acceptors (Lipinski definition) is 2. The normalized spacial score (nSPS) is 33.4. The summed E-state index contributed by atoms with van der Waals surface area (Å²) in [4.78, 5) is 13.7. The molecule has 80 valence electrons. The van der Waals surface area contributed by atoms with Crippen LogP contribution in [0.5, 0.6) is 0 Å². The number of allylic oxidation sites excluding steroid dienone is 1. The highest BCUT2D eigenvalue weighted by Gasteiger charge is 2.53. The first-order chi connectivity index (χ1) is 6.40. The number of ether oxygens (including phenoxy) is 1. The molecule has 1 unspecified atom stereocenters. The van der Waals surface area contributed by atoms with E-state index in [0.717, 1.165) is 12.8 Å². The summed E-state index contributed by atoms with van der Waals surface area (Å²) >= 11 is 3.36. The minimum absolute atomic E-state index is 0.105. The van der Waals surface area contributed by atoms with Gasteiger partial charge in [0.2, 0.25) is 0 Å². The van der Waals surface area contributed by atoms with Gasteiger partial charge in [0.1, 0.15) is 0 Å². The number of carbonyl (C=O) groups is 1. The zero-order valence-electron chi connectivity index (χ0n) is 9.19. The topological polar surface area (TPSA) is 26.3 Å². The van der Waals surface area contributed by atoms with E-state index in [9.17, 15) is 4.79 Å². The van der Waals surface area contributed by atoms with Crippen molar-refractivity contribution < 1.29 is 9.53 Å². The summed E-state index contributed by atoms with van der Waals surface area (Å²) < 4.78 is 4.88. The van der Waals surface area contributed by atoms with Gasteiger partial charge in [-0.05, 0) is 24.8 Å². The van der Waals surface area contributed by atoms with E-state index >= 15 is 0 Å². The fourth-order valence-electron chi connectivity index (χ4n) is 2.14. The first-order valence-electron chi connectivity index (χ1n) is 4.78. The highest BCUT2D eigenvalue weighted by atomic mass is 79.9. The maximum absolute atomic E-state index is 11.7. The summed E-state index contributed by atoms with van der Waals surface area (Å²) in [6, 6.07) is 0. The molecule has 0 N–H and O–H groups in total. The Bertz CT molecular complexity index is 281. The molecule has 1 aliphatic rings. The lowest BCUT2D eigenvalue weighted by molar-refractivity contribution is -0.156. The second-order valence-corrected chi connectivity index (χ2v) is 5.04. The van der Waals surface area contributed by atoms with E-state index in [1.807, 2.05) is 11.9 Å². The van der Waals surface area contributed by atoms with Crippen molar-refractivity contribution in [3.8, 4) is 0 Å². The summed E-state index contributed by atoms with van der Waals surface area (Å²) in [5, 5.41) is 0. The third-order valence-electron chi connectivity index (χ3n) is 3.84. The number of esters is 1. The van der Waals surface area contributed by atoms with Crippen LogP contribution in [0.1, 0.15) is 33.6 Å². The quantitative estimate of drug-likeness (QED) is 0.677. The first-order valence-corrected chi connectivity index (χ1v) is 5.70. The van der Waals surface area contributed by atoms with Gasteiger partial charge in [0.15, 0.2) is 0 Å². The van der Waals surface area contributed by atoms with Gasteiger partial charge in [0, 0.05) is 5.41 Å². The smallest absolute Gasteiger partial charge is 0.312 e. The molecule has 0 radical (unpaired) electrons. The third-order valence-corrected chi connectivity index (χ3v) is 4.40. The predicted molar refractivity (Wildman–Crippen MR) is 60.1 cm³/mol. The van der Waals surface area contributed by atoms with Crippen molar-refractivity contribution in [1.29, 1.82) is 0 Å². The Hall–Kier alpha value is -0.310. The molecule has 1 atom stereocenters. The fraction of sp³-hybridized carbons (Fsp3) is 0.727. The molecule has 1 saturated carbocycles. The van der Waals surface area contributed by atoms with Gasteiger partial charge < -0.3 is 4.74 Å². The van der Waals surface area contributed by atoms with Crippen LogP contribution in [0.15, 0.2) is 10.6 Å². The number of hydrogen-bond donors (Lipinski definition) is 0. The average molecular weight is 261 g/mol. The highest BCUT2D eigenvalue weighted by Crippen LogP contribution is 2.56. The zero-order chi connectivity index (χ0) is 11.0. The summed E-state index contributed by atoms with van der Waals surface area (Å²) in [6.07, 6.45) is 1.83. The number of rotatable bonds is 1. The Morgan fingerprint density at radius 1 is 1.50 bits per heavy atom. The van der Waals surface area contributed by atoms with Crippen molar-refractivity contribution in [3.05, 3.63) is 10.6 Å². The minimum atomic E-state index is -0.388. The predicted octanol–water partition coefficient (Wildman–Crippen LogP) is 3.26. The monoisotopic (exact) mass is 260 g/mol. The van der Waals surface area contributed by atoms with Crippen LogP contribution in [0, 0.1) is 10.8 Å². The summed E-state index contributed by atoms with van der Waals surface area (Å²) in [5.74, 6) is -0.105. The number of methoxy groups -OCH3 is 1. The maximum Gasteiger partial charge on any atom is 0.312 e. The molecule has 0 bridgehead atoms.